The van der Waals surface area contributed by atoms with Gasteiger partial charge in [-0.2, -0.15) is 0 Å². The van der Waals surface area contributed by atoms with Crippen LogP contribution in [0.1, 0.15) is 46.7 Å². The Morgan fingerprint density at radius 1 is 0.821 bits per heavy atom. The van der Waals surface area contributed by atoms with Gasteiger partial charge in [-0.05, 0) is 37.1 Å². The Bertz CT molecular complexity index is 844. The lowest BCUT2D eigenvalue weighted by Crippen LogP contribution is -2.35. The number of aromatic carboxylic acids is 1. The Hall–Kier alpha value is -3.49. The molecule has 0 bridgehead atoms. The van der Waals surface area contributed by atoms with E-state index in [2.05, 4.69) is 20.6 Å². The monoisotopic (exact) mass is 383 g/mol. The van der Waals surface area contributed by atoms with Crippen molar-refractivity contribution in [2.45, 2.75) is 25.7 Å². The smallest absolute Gasteiger partial charge is 0.356 e. The van der Waals surface area contributed by atoms with Crippen LogP contribution in [0.15, 0.2) is 36.7 Å². The summed E-state index contributed by atoms with van der Waals surface area (Å²) in [5.41, 5.74) is 0.921. The lowest BCUT2D eigenvalue weighted by molar-refractivity contribution is 0.0689. The van der Waals surface area contributed by atoms with Gasteiger partial charge < -0.3 is 20.6 Å². The molecular formula is C19H21N5O4. The van der Waals surface area contributed by atoms with Crippen molar-refractivity contribution in [1.82, 2.24) is 14.9 Å². The number of urea groups is 1. The van der Waals surface area contributed by atoms with Crippen molar-refractivity contribution >= 4 is 29.3 Å². The summed E-state index contributed by atoms with van der Waals surface area (Å²) in [5.74, 6) is -1.72. The molecule has 2 heterocycles. The summed E-state index contributed by atoms with van der Waals surface area (Å²) in [6, 6.07) is 6.60. The third-order valence-electron chi connectivity index (χ3n) is 4.39. The third-order valence-corrected chi connectivity index (χ3v) is 4.39. The van der Waals surface area contributed by atoms with Crippen LogP contribution in [0.4, 0.5) is 16.2 Å². The van der Waals surface area contributed by atoms with E-state index in [1.165, 1.54) is 0 Å². The number of anilines is 2. The molecular weight excluding hydrogens is 362 g/mol. The summed E-state index contributed by atoms with van der Waals surface area (Å²) >= 11 is 0. The first kappa shape index (κ1) is 19.3. The predicted octanol–water partition coefficient (Wildman–Crippen LogP) is 2.84. The average Bonchev–Trinajstić information content (AvgIpc) is 2.99. The molecule has 28 heavy (non-hydrogen) atoms. The second-order valence-electron chi connectivity index (χ2n) is 6.45. The van der Waals surface area contributed by atoms with E-state index in [4.69, 9.17) is 5.11 Å². The fourth-order valence-electron chi connectivity index (χ4n) is 2.86. The number of benzene rings is 1. The van der Waals surface area contributed by atoms with Crippen molar-refractivity contribution in [2.75, 3.05) is 23.7 Å². The zero-order chi connectivity index (χ0) is 19.9. The first-order valence-corrected chi connectivity index (χ1v) is 9.05. The molecule has 0 radical (unpaired) electrons. The van der Waals surface area contributed by atoms with Gasteiger partial charge in [0.2, 0.25) is 0 Å². The summed E-state index contributed by atoms with van der Waals surface area (Å²) in [6.45, 7) is 1.53. The van der Waals surface area contributed by atoms with Gasteiger partial charge in [-0.3, -0.25) is 4.79 Å². The molecule has 1 saturated heterocycles. The minimum absolute atomic E-state index is 0.00328. The van der Waals surface area contributed by atoms with E-state index in [9.17, 15) is 14.4 Å². The molecule has 1 aromatic heterocycles. The Balaban J connectivity index is 1.57. The van der Waals surface area contributed by atoms with Crippen LogP contribution in [0.3, 0.4) is 0 Å². The lowest BCUT2D eigenvalue weighted by Gasteiger charge is -2.20. The fourth-order valence-corrected chi connectivity index (χ4v) is 2.86. The second kappa shape index (κ2) is 8.94. The van der Waals surface area contributed by atoms with Gasteiger partial charge in [0.1, 0.15) is 5.69 Å². The van der Waals surface area contributed by atoms with E-state index < -0.39 is 11.9 Å². The molecule has 9 nitrogen and oxygen atoms in total. The number of nitrogens with zero attached hydrogens (tertiary/aromatic N) is 3. The summed E-state index contributed by atoms with van der Waals surface area (Å²) in [5, 5.41) is 14.3. The first-order valence-electron chi connectivity index (χ1n) is 9.05. The summed E-state index contributed by atoms with van der Waals surface area (Å²) in [7, 11) is 0. The van der Waals surface area contributed by atoms with Crippen molar-refractivity contribution in [1.29, 1.82) is 0 Å². The van der Waals surface area contributed by atoms with Crippen LogP contribution in [-0.4, -0.2) is 51.0 Å². The number of likely N-dealkylation sites (tertiary alicyclic amines) is 1. The van der Waals surface area contributed by atoms with Gasteiger partial charge in [0.15, 0.2) is 5.69 Å². The molecule has 3 rings (SSSR count). The number of hydrogen-bond donors (Lipinski definition) is 3. The molecule has 9 heteroatoms. The fraction of sp³-hybridized carbons (Fsp3) is 0.316. The molecule has 3 N–H and O–H groups in total. The zero-order valence-corrected chi connectivity index (χ0v) is 15.2. The van der Waals surface area contributed by atoms with Gasteiger partial charge in [0.05, 0.1) is 12.4 Å². The number of hydrogen-bond acceptors (Lipinski definition) is 5. The summed E-state index contributed by atoms with van der Waals surface area (Å²) in [4.78, 5) is 44.5. The highest BCUT2D eigenvalue weighted by Crippen LogP contribution is 2.16. The minimum Gasteiger partial charge on any atom is -0.476 e. The molecule has 146 valence electrons. The summed E-state index contributed by atoms with van der Waals surface area (Å²) in [6.07, 6.45) is 6.49. The molecule has 1 aliphatic heterocycles. The van der Waals surface area contributed by atoms with Gasteiger partial charge >= 0.3 is 12.0 Å². The van der Waals surface area contributed by atoms with Crippen molar-refractivity contribution in [3.63, 3.8) is 0 Å². The topological polar surface area (TPSA) is 125 Å². The van der Waals surface area contributed by atoms with Gasteiger partial charge in [-0.25, -0.2) is 19.6 Å². The Kier molecular flexibility index (Phi) is 6.15. The number of nitrogens with one attached hydrogen (secondary N) is 2. The normalized spacial score (nSPS) is 14.1. The molecule has 0 saturated carbocycles. The second-order valence-corrected chi connectivity index (χ2v) is 6.45. The van der Waals surface area contributed by atoms with Crippen molar-refractivity contribution in [3.05, 3.63) is 48.0 Å². The van der Waals surface area contributed by atoms with E-state index in [1.807, 2.05) is 4.90 Å². The van der Waals surface area contributed by atoms with Crippen molar-refractivity contribution in [3.8, 4) is 0 Å². The van der Waals surface area contributed by atoms with Gasteiger partial charge in [0, 0.05) is 24.5 Å². The maximum absolute atomic E-state index is 12.3. The van der Waals surface area contributed by atoms with E-state index in [0.29, 0.717) is 11.4 Å². The number of carbonyl (C=O) groups excluding carboxylic acids is 2. The lowest BCUT2D eigenvalue weighted by atomic mass is 10.2. The minimum atomic E-state index is -1.21. The zero-order valence-electron chi connectivity index (χ0n) is 15.2. The molecule has 0 aliphatic carbocycles. The van der Waals surface area contributed by atoms with Crippen LogP contribution < -0.4 is 10.6 Å². The van der Waals surface area contributed by atoms with E-state index >= 15 is 0 Å². The first-order chi connectivity index (χ1) is 13.5. The molecule has 0 unspecified atom stereocenters. The Morgan fingerprint density at radius 2 is 1.36 bits per heavy atom. The quantitative estimate of drug-likeness (QED) is 0.746. The van der Waals surface area contributed by atoms with Crippen molar-refractivity contribution < 1.29 is 19.5 Å². The number of carboxylic acid groups (broad SMARTS) is 1. The van der Waals surface area contributed by atoms with Gasteiger partial charge in [0.25, 0.3) is 5.91 Å². The molecule has 1 aromatic carbocycles. The third kappa shape index (κ3) is 5.03. The van der Waals surface area contributed by atoms with Crippen LogP contribution in [0, 0.1) is 0 Å². The number of carboxylic acids is 1. The Morgan fingerprint density at radius 3 is 1.89 bits per heavy atom. The van der Waals surface area contributed by atoms with Crippen LogP contribution in [0.5, 0.6) is 0 Å². The SMILES string of the molecule is O=C(O)c1cnc(C(=O)Nc2ccc(NC(=O)N3CCCCCC3)cc2)cn1. The number of amides is 3. The molecule has 1 aliphatic rings. The van der Waals surface area contributed by atoms with Crippen LogP contribution in [0.2, 0.25) is 0 Å². The van der Waals surface area contributed by atoms with Gasteiger partial charge in [-0.15, -0.1) is 0 Å². The average molecular weight is 383 g/mol. The van der Waals surface area contributed by atoms with E-state index in [0.717, 1.165) is 51.2 Å². The number of rotatable bonds is 4. The largest absolute Gasteiger partial charge is 0.476 e. The molecule has 0 spiro atoms. The van der Waals surface area contributed by atoms with Crippen LogP contribution >= 0.6 is 0 Å². The van der Waals surface area contributed by atoms with Crippen LogP contribution in [-0.2, 0) is 0 Å². The van der Waals surface area contributed by atoms with E-state index in [1.54, 1.807) is 24.3 Å². The molecule has 2 aromatic rings. The Labute approximate surface area is 161 Å². The molecule has 1 fully saturated rings. The molecule has 0 atom stereocenters. The van der Waals surface area contributed by atoms with E-state index in [-0.39, 0.29) is 17.4 Å². The van der Waals surface area contributed by atoms with Crippen molar-refractivity contribution in [2.24, 2.45) is 0 Å². The highest BCUT2D eigenvalue weighted by molar-refractivity contribution is 6.03. The highest BCUT2D eigenvalue weighted by Gasteiger charge is 2.15. The number of carbonyl (C=O) groups is 3. The van der Waals surface area contributed by atoms with Gasteiger partial charge in [-0.1, -0.05) is 12.8 Å². The van der Waals surface area contributed by atoms with Crippen LogP contribution in [0.25, 0.3) is 0 Å². The molecule has 3 amide bonds. The maximum atomic E-state index is 12.3. The predicted molar refractivity (Wildman–Crippen MR) is 102 cm³/mol. The summed E-state index contributed by atoms with van der Waals surface area (Å²) < 4.78 is 0. The highest BCUT2D eigenvalue weighted by atomic mass is 16.4. The standard InChI is InChI=1S/C19H21N5O4/c25-17(15-11-21-16(12-20-15)18(26)27)22-13-5-7-14(8-6-13)23-19(28)24-9-3-1-2-4-10-24/h5-8,11-12H,1-4,9-10H2,(H,22,25)(H,23,28)(H,26,27). The maximum Gasteiger partial charge on any atom is 0.356 e. The number of aromatic nitrogens is 2.